The molecule has 130 valence electrons. The minimum Gasteiger partial charge on any atom is -0.345 e. The zero-order chi connectivity index (χ0) is 18.2. The zero-order valence-corrected chi connectivity index (χ0v) is 15.2. The molecule has 0 spiro atoms. The van der Waals surface area contributed by atoms with Crippen LogP contribution in [0, 0.1) is 5.82 Å². The quantitative estimate of drug-likeness (QED) is 0.749. The molecule has 1 atom stereocenters. The fourth-order valence-corrected chi connectivity index (χ4v) is 4.10. The number of amides is 1. The Hall–Kier alpha value is -2.25. The normalized spacial score (nSPS) is 12.9. The molecule has 7 heteroatoms. The second kappa shape index (κ2) is 6.57. The number of carbonyl (C=O) groups is 1. The Morgan fingerprint density at radius 1 is 1.16 bits per heavy atom. The molecule has 1 N–H and O–H groups in total. The van der Waals surface area contributed by atoms with Crippen LogP contribution >= 0.6 is 11.3 Å². The van der Waals surface area contributed by atoms with Crippen molar-refractivity contribution in [2.24, 2.45) is 0 Å². The van der Waals surface area contributed by atoms with E-state index >= 15 is 0 Å². The summed E-state index contributed by atoms with van der Waals surface area (Å²) in [5.41, 5.74) is 0.785. The minimum atomic E-state index is -3.25. The van der Waals surface area contributed by atoms with Crippen LogP contribution in [0.1, 0.15) is 28.2 Å². The molecule has 0 aliphatic heterocycles. The first-order valence-corrected chi connectivity index (χ1v) is 10.3. The van der Waals surface area contributed by atoms with Crippen molar-refractivity contribution < 1.29 is 17.6 Å². The highest BCUT2D eigenvalue weighted by Gasteiger charge is 2.16. The second-order valence-corrected chi connectivity index (χ2v) is 8.90. The van der Waals surface area contributed by atoms with Crippen LogP contribution in [0.3, 0.4) is 0 Å². The van der Waals surface area contributed by atoms with Gasteiger partial charge in [-0.2, -0.15) is 0 Å². The molecule has 1 aromatic heterocycles. The van der Waals surface area contributed by atoms with Gasteiger partial charge >= 0.3 is 0 Å². The fraction of sp³-hybridized carbons (Fsp3) is 0.167. The molecule has 0 saturated heterocycles. The van der Waals surface area contributed by atoms with Crippen LogP contribution in [0.25, 0.3) is 10.1 Å². The molecule has 1 heterocycles. The van der Waals surface area contributed by atoms with Gasteiger partial charge in [-0.05, 0) is 42.8 Å². The van der Waals surface area contributed by atoms with Gasteiger partial charge in [0, 0.05) is 16.3 Å². The molecule has 0 radical (unpaired) electrons. The van der Waals surface area contributed by atoms with E-state index in [4.69, 9.17) is 0 Å². The largest absolute Gasteiger partial charge is 0.345 e. The van der Waals surface area contributed by atoms with E-state index in [0.29, 0.717) is 10.3 Å². The summed E-state index contributed by atoms with van der Waals surface area (Å²) in [6.07, 6.45) is 1.15. The van der Waals surface area contributed by atoms with E-state index in [1.54, 1.807) is 37.3 Å². The third kappa shape index (κ3) is 3.72. The lowest BCUT2D eigenvalue weighted by Crippen LogP contribution is -2.25. The molecule has 4 nitrogen and oxygen atoms in total. The number of carbonyl (C=O) groups excluding carboxylic acids is 1. The highest BCUT2D eigenvalue weighted by molar-refractivity contribution is 7.90. The zero-order valence-electron chi connectivity index (χ0n) is 13.6. The second-order valence-electron chi connectivity index (χ2n) is 5.80. The molecule has 3 aromatic rings. The van der Waals surface area contributed by atoms with Gasteiger partial charge in [-0.25, -0.2) is 12.8 Å². The van der Waals surface area contributed by atoms with Gasteiger partial charge < -0.3 is 5.32 Å². The van der Waals surface area contributed by atoms with Gasteiger partial charge in [0.1, 0.15) is 5.82 Å². The number of nitrogens with one attached hydrogen (secondary N) is 1. The van der Waals surface area contributed by atoms with Crippen LogP contribution in [0.15, 0.2) is 53.4 Å². The third-order valence-corrected chi connectivity index (χ3v) is 6.12. The fourth-order valence-electron chi connectivity index (χ4n) is 2.49. The van der Waals surface area contributed by atoms with Gasteiger partial charge in [0.2, 0.25) is 0 Å². The van der Waals surface area contributed by atoms with Crippen molar-refractivity contribution in [1.29, 1.82) is 0 Å². The number of hydrogen-bond donors (Lipinski definition) is 1. The SMILES string of the molecule is C[C@H](NC(=O)c1cc2c(F)cccc2s1)c1ccc(S(C)(=O)=O)cc1. The summed E-state index contributed by atoms with van der Waals surface area (Å²) in [4.78, 5) is 13.1. The van der Waals surface area contributed by atoms with Crippen LogP contribution in [-0.2, 0) is 9.84 Å². The summed E-state index contributed by atoms with van der Waals surface area (Å²) in [5.74, 6) is -0.641. The molecule has 0 unspecified atom stereocenters. The Labute approximate surface area is 149 Å². The third-order valence-electron chi connectivity index (χ3n) is 3.89. The molecular formula is C18H16FNO3S2. The Morgan fingerprint density at radius 2 is 1.84 bits per heavy atom. The topological polar surface area (TPSA) is 63.2 Å². The molecule has 3 rings (SSSR count). The smallest absolute Gasteiger partial charge is 0.261 e. The van der Waals surface area contributed by atoms with Gasteiger partial charge in [-0.1, -0.05) is 18.2 Å². The van der Waals surface area contributed by atoms with Crippen LogP contribution < -0.4 is 5.32 Å². The van der Waals surface area contributed by atoms with E-state index in [2.05, 4.69) is 5.32 Å². The minimum absolute atomic E-state index is 0.231. The molecule has 0 aliphatic rings. The summed E-state index contributed by atoms with van der Waals surface area (Å²) in [7, 11) is -3.25. The Bertz CT molecular complexity index is 1040. The maximum Gasteiger partial charge on any atom is 0.261 e. The van der Waals surface area contributed by atoms with Crippen LogP contribution in [0.4, 0.5) is 4.39 Å². The van der Waals surface area contributed by atoms with Crippen molar-refractivity contribution in [2.45, 2.75) is 17.9 Å². The summed E-state index contributed by atoms with van der Waals surface area (Å²) in [6, 6.07) is 12.4. The highest BCUT2D eigenvalue weighted by Crippen LogP contribution is 2.28. The lowest BCUT2D eigenvalue weighted by molar-refractivity contribution is 0.0944. The number of sulfone groups is 1. The summed E-state index contributed by atoms with van der Waals surface area (Å²) >= 11 is 1.23. The van der Waals surface area contributed by atoms with Gasteiger partial charge in [0.15, 0.2) is 9.84 Å². The first kappa shape index (κ1) is 17.6. The lowest BCUT2D eigenvalue weighted by atomic mass is 10.1. The molecule has 2 aromatic carbocycles. The van der Waals surface area contributed by atoms with E-state index in [1.165, 1.54) is 29.5 Å². The predicted molar refractivity (Wildman–Crippen MR) is 97.2 cm³/mol. The number of thiophene rings is 1. The van der Waals surface area contributed by atoms with Gasteiger partial charge in [0.05, 0.1) is 15.8 Å². The highest BCUT2D eigenvalue weighted by atomic mass is 32.2. The first-order valence-electron chi connectivity index (χ1n) is 7.54. The molecular weight excluding hydrogens is 361 g/mol. The van der Waals surface area contributed by atoms with Gasteiger partial charge in [0.25, 0.3) is 5.91 Å². The summed E-state index contributed by atoms with van der Waals surface area (Å²) < 4.78 is 37.4. The number of halogens is 1. The van der Waals surface area contributed by atoms with Crippen molar-refractivity contribution in [1.82, 2.24) is 5.32 Å². The molecule has 0 aliphatic carbocycles. The Morgan fingerprint density at radius 3 is 2.44 bits per heavy atom. The van der Waals surface area contributed by atoms with Gasteiger partial charge in [-0.15, -0.1) is 11.3 Å². The first-order chi connectivity index (χ1) is 11.8. The van der Waals surface area contributed by atoms with E-state index in [1.807, 2.05) is 0 Å². The van der Waals surface area contributed by atoms with Crippen LogP contribution in [0.5, 0.6) is 0 Å². The lowest BCUT2D eigenvalue weighted by Gasteiger charge is -2.14. The molecule has 0 fully saturated rings. The van der Waals surface area contributed by atoms with Crippen molar-refractivity contribution >= 4 is 37.2 Å². The number of rotatable bonds is 4. The Kier molecular flexibility index (Phi) is 4.62. The molecule has 0 saturated carbocycles. The van der Waals surface area contributed by atoms with Crippen molar-refractivity contribution in [3.8, 4) is 0 Å². The summed E-state index contributed by atoms with van der Waals surface area (Å²) in [5, 5.41) is 3.28. The van der Waals surface area contributed by atoms with Crippen molar-refractivity contribution in [3.05, 3.63) is 64.8 Å². The van der Waals surface area contributed by atoms with Crippen molar-refractivity contribution in [2.75, 3.05) is 6.26 Å². The maximum absolute atomic E-state index is 13.8. The molecule has 1 amide bonds. The Balaban J connectivity index is 1.78. The summed E-state index contributed by atoms with van der Waals surface area (Å²) in [6.45, 7) is 1.81. The van der Waals surface area contributed by atoms with Crippen LogP contribution in [-0.4, -0.2) is 20.6 Å². The average molecular weight is 377 g/mol. The van der Waals surface area contributed by atoms with E-state index in [-0.39, 0.29) is 22.7 Å². The average Bonchev–Trinajstić information content (AvgIpc) is 3.00. The van der Waals surface area contributed by atoms with E-state index < -0.39 is 9.84 Å². The standard InChI is InChI=1S/C18H16FNO3S2/c1-11(12-6-8-13(9-7-12)25(2,22)23)20-18(21)17-10-14-15(19)4-3-5-16(14)24-17/h3-11H,1-2H3,(H,20,21)/t11-/m0/s1. The number of fused-ring (bicyclic) bond motifs is 1. The molecule has 0 bridgehead atoms. The van der Waals surface area contributed by atoms with Crippen LogP contribution in [0.2, 0.25) is 0 Å². The van der Waals surface area contributed by atoms with E-state index in [9.17, 15) is 17.6 Å². The maximum atomic E-state index is 13.8. The number of benzene rings is 2. The van der Waals surface area contributed by atoms with E-state index in [0.717, 1.165) is 16.5 Å². The molecule has 25 heavy (non-hydrogen) atoms. The van der Waals surface area contributed by atoms with Gasteiger partial charge in [-0.3, -0.25) is 4.79 Å². The number of hydrogen-bond acceptors (Lipinski definition) is 4. The predicted octanol–water partition coefficient (Wildman–Crippen LogP) is 3.93. The van der Waals surface area contributed by atoms with Crippen molar-refractivity contribution in [3.63, 3.8) is 0 Å². The monoisotopic (exact) mass is 377 g/mol.